The lowest BCUT2D eigenvalue weighted by Crippen LogP contribution is -2.23. The summed E-state index contributed by atoms with van der Waals surface area (Å²) in [6, 6.07) is 11.5. The van der Waals surface area contributed by atoms with Crippen LogP contribution in [0.2, 0.25) is 0 Å². The molecule has 0 saturated carbocycles. The second-order valence-electron chi connectivity index (χ2n) is 6.54. The number of ether oxygens (including phenoxy) is 2. The highest BCUT2D eigenvalue weighted by atomic mass is 19.3. The number of hydrogen-bond donors (Lipinski definition) is 1. The van der Waals surface area contributed by atoms with Crippen molar-refractivity contribution in [1.82, 2.24) is 0 Å². The van der Waals surface area contributed by atoms with Crippen molar-refractivity contribution in [2.45, 2.75) is 26.4 Å². The summed E-state index contributed by atoms with van der Waals surface area (Å²) in [5.74, 6) is -0.144. The van der Waals surface area contributed by atoms with Crippen molar-refractivity contribution in [3.8, 4) is 11.5 Å². The van der Waals surface area contributed by atoms with Gasteiger partial charge in [-0.2, -0.15) is 8.78 Å². The maximum atomic E-state index is 12.5. The van der Waals surface area contributed by atoms with E-state index in [9.17, 15) is 18.4 Å². The van der Waals surface area contributed by atoms with E-state index < -0.39 is 6.61 Å². The average Bonchev–Trinajstić information content (AvgIpc) is 3.14. The molecule has 0 bridgehead atoms. The zero-order valence-corrected chi connectivity index (χ0v) is 16.4. The van der Waals surface area contributed by atoms with E-state index in [0.29, 0.717) is 24.2 Å². The molecule has 0 unspecified atom stereocenters. The van der Waals surface area contributed by atoms with Gasteiger partial charge in [-0.15, -0.1) is 0 Å². The second kappa shape index (κ2) is 9.87. The number of nitrogens with zero attached hydrogens (tertiary/aromatic N) is 1. The van der Waals surface area contributed by atoms with Gasteiger partial charge in [0.25, 0.3) is 0 Å². The van der Waals surface area contributed by atoms with Crippen LogP contribution in [0.25, 0.3) is 6.08 Å². The van der Waals surface area contributed by atoms with Crippen LogP contribution in [0, 0.1) is 0 Å². The highest BCUT2D eigenvalue weighted by Crippen LogP contribution is 2.30. The monoisotopic (exact) mass is 416 g/mol. The maximum absolute atomic E-state index is 12.5. The second-order valence-corrected chi connectivity index (χ2v) is 6.54. The van der Waals surface area contributed by atoms with Crippen LogP contribution in [-0.4, -0.2) is 31.6 Å². The number of alkyl halides is 2. The number of carbonyl (C=O) groups excluding carboxylic acids is 2. The lowest BCUT2D eigenvalue weighted by molar-refractivity contribution is -0.117. The fraction of sp³-hybridized carbons (Fsp3) is 0.273. The first-order chi connectivity index (χ1) is 14.5. The highest BCUT2D eigenvalue weighted by molar-refractivity contribution is 6.02. The van der Waals surface area contributed by atoms with Crippen molar-refractivity contribution >= 4 is 29.3 Å². The van der Waals surface area contributed by atoms with E-state index in [0.717, 1.165) is 12.1 Å². The maximum Gasteiger partial charge on any atom is 0.387 e. The van der Waals surface area contributed by atoms with E-state index >= 15 is 0 Å². The molecule has 1 aliphatic heterocycles. The summed E-state index contributed by atoms with van der Waals surface area (Å²) in [7, 11) is 0. The SMILES string of the molecule is CCOc1cc(/C=C/C(=O)Nc2ccc(N3CCCC3=O)cc2)ccc1OC(F)F. The molecule has 0 aliphatic carbocycles. The standard InChI is InChI=1S/C22H22F2N2O4/c1-2-29-19-14-15(5-11-18(19)30-22(23)24)6-12-20(27)25-16-7-9-17(10-8-16)26-13-3-4-21(26)28/h5-12,14,22H,2-4,13H2,1H3,(H,25,27)/b12-6+. The molecule has 2 aromatic rings. The normalized spacial score (nSPS) is 13.9. The average molecular weight is 416 g/mol. The van der Waals surface area contributed by atoms with Crippen molar-refractivity contribution < 1.29 is 27.8 Å². The van der Waals surface area contributed by atoms with Gasteiger partial charge in [-0.05, 0) is 61.4 Å². The third-order valence-electron chi connectivity index (χ3n) is 4.43. The minimum Gasteiger partial charge on any atom is -0.490 e. The van der Waals surface area contributed by atoms with Gasteiger partial charge in [0.1, 0.15) is 0 Å². The van der Waals surface area contributed by atoms with Crippen LogP contribution >= 0.6 is 0 Å². The molecule has 1 N–H and O–H groups in total. The van der Waals surface area contributed by atoms with Crippen LogP contribution < -0.4 is 19.7 Å². The van der Waals surface area contributed by atoms with Crippen LogP contribution in [0.3, 0.4) is 0 Å². The third-order valence-corrected chi connectivity index (χ3v) is 4.43. The molecule has 6 nitrogen and oxygen atoms in total. The molecule has 0 spiro atoms. The Bertz CT molecular complexity index is 929. The van der Waals surface area contributed by atoms with Gasteiger partial charge in [-0.1, -0.05) is 6.07 Å². The summed E-state index contributed by atoms with van der Waals surface area (Å²) in [6.45, 7) is -0.233. The van der Waals surface area contributed by atoms with E-state index in [2.05, 4.69) is 10.1 Å². The Morgan fingerprint density at radius 1 is 1.20 bits per heavy atom. The van der Waals surface area contributed by atoms with Crippen LogP contribution in [0.1, 0.15) is 25.3 Å². The Morgan fingerprint density at radius 3 is 2.60 bits per heavy atom. The van der Waals surface area contributed by atoms with Crippen molar-refractivity contribution in [3.63, 3.8) is 0 Å². The molecular weight excluding hydrogens is 394 g/mol. The summed E-state index contributed by atoms with van der Waals surface area (Å²) in [5.41, 5.74) is 1.99. The van der Waals surface area contributed by atoms with E-state index in [-0.39, 0.29) is 29.9 Å². The summed E-state index contributed by atoms with van der Waals surface area (Å²) in [4.78, 5) is 25.7. The number of hydrogen-bond acceptors (Lipinski definition) is 4. The number of anilines is 2. The zero-order valence-electron chi connectivity index (χ0n) is 16.4. The molecule has 2 amide bonds. The van der Waals surface area contributed by atoms with Crippen LogP contribution in [-0.2, 0) is 9.59 Å². The molecule has 1 saturated heterocycles. The van der Waals surface area contributed by atoms with Gasteiger partial charge in [0, 0.05) is 30.4 Å². The van der Waals surface area contributed by atoms with Gasteiger partial charge in [0.05, 0.1) is 6.61 Å². The molecule has 30 heavy (non-hydrogen) atoms. The van der Waals surface area contributed by atoms with Gasteiger partial charge in [0.15, 0.2) is 11.5 Å². The van der Waals surface area contributed by atoms with Crippen LogP contribution in [0.15, 0.2) is 48.5 Å². The van der Waals surface area contributed by atoms with Gasteiger partial charge >= 0.3 is 6.61 Å². The molecule has 2 aromatic carbocycles. The number of benzene rings is 2. The van der Waals surface area contributed by atoms with Gasteiger partial charge in [-0.25, -0.2) is 0 Å². The summed E-state index contributed by atoms with van der Waals surface area (Å²) in [5, 5.41) is 2.73. The first-order valence-electron chi connectivity index (χ1n) is 9.57. The Morgan fingerprint density at radius 2 is 1.97 bits per heavy atom. The number of rotatable bonds is 8. The zero-order chi connectivity index (χ0) is 21.5. The Labute approximate surface area is 173 Å². The van der Waals surface area contributed by atoms with Gasteiger partial charge in [0.2, 0.25) is 11.8 Å². The largest absolute Gasteiger partial charge is 0.490 e. The summed E-state index contributed by atoms with van der Waals surface area (Å²) >= 11 is 0. The predicted molar refractivity (Wildman–Crippen MR) is 110 cm³/mol. The quantitative estimate of drug-likeness (QED) is 0.645. The van der Waals surface area contributed by atoms with Crippen molar-refractivity contribution in [3.05, 3.63) is 54.1 Å². The number of nitrogens with one attached hydrogen (secondary N) is 1. The lowest BCUT2D eigenvalue weighted by atomic mass is 10.2. The Hall–Kier alpha value is -3.42. The fourth-order valence-electron chi connectivity index (χ4n) is 3.09. The molecule has 1 aliphatic rings. The van der Waals surface area contributed by atoms with Crippen LogP contribution in [0.4, 0.5) is 20.2 Å². The molecule has 1 heterocycles. The fourth-order valence-corrected chi connectivity index (χ4v) is 3.09. The highest BCUT2D eigenvalue weighted by Gasteiger charge is 2.21. The molecule has 0 aromatic heterocycles. The number of halogens is 2. The van der Waals surface area contributed by atoms with Crippen LogP contribution in [0.5, 0.6) is 11.5 Å². The van der Waals surface area contributed by atoms with Gasteiger partial charge in [-0.3, -0.25) is 9.59 Å². The summed E-state index contributed by atoms with van der Waals surface area (Å²) < 4.78 is 34.7. The molecule has 0 atom stereocenters. The predicted octanol–water partition coefficient (Wildman–Crippen LogP) is 4.47. The minimum atomic E-state index is -2.95. The topological polar surface area (TPSA) is 67.9 Å². The number of amides is 2. The van der Waals surface area contributed by atoms with E-state index in [1.807, 2.05) is 0 Å². The Kier molecular flexibility index (Phi) is 7.00. The van der Waals surface area contributed by atoms with Crippen molar-refractivity contribution in [2.75, 3.05) is 23.4 Å². The first kappa shape index (κ1) is 21.3. The third kappa shape index (κ3) is 5.56. The van der Waals surface area contributed by atoms with E-state index in [4.69, 9.17) is 4.74 Å². The minimum absolute atomic E-state index is 0.0648. The smallest absolute Gasteiger partial charge is 0.387 e. The lowest BCUT2D eigenvalue weighted by Gasteiger charge is -2.15. The first-order valence-corrected chi connectivity index (χ1v) is 9.57. The molecule has 0 radical (unpaired) electrons. The molecule has 1 fully saturated rings. The van der Waals surface area contributed by atoms with Crippen molar-refractivity contribution in [1.29, 1.82) is 0 Å². The van der Waals surface area contributed by atoms with Crippen molar-refractivity contribution in [2.24, 2.45) is 0 Å². The summed E-state index contributed by atoms with van der Waals surface area (Å²) in [6.07, 6.45) is 4.28. The molecule has 8 heteroatoms. The molecular formula is C22H22F2N2O4. The molecule has 158 valence electrons. The number of carbonyl (C=O) groups is 2. The van der Waals surface area contributed by atoms with E-state index in [1.54, 1.807) is 48.2 Å². The van der Waals surface area contributed by atoms with E-state index in [1.165, 1.54) is 18.2 Å². The Balaban J connectivity index is 1.62. The van der Waals surface area contributed by atoms with Gasteiger partial charge < -0.3 is 19.7 Å². The molecule has 3 rings (SSSR count).